The third kappa shape index (κ3) is 2.58. The maximum absolute atomic E-state index is 12.3. The zero-order chi connectivity index (χ0) is 12.6. The summed E-state index contributed by atoms with van der Waals surface area (Å²) in [6, 6.07) is 7.30. The van der Waals surface area contributed by atoms with Crippen LogP contribution < -0.4 is 5.73 Å². The summed E-state index contributed by atoms with van der Waals surface area (Å²) in [5, 5.41) is 0. The van der Waals surface area contributed by atoms with Crippen LogP contribution in [0.25, 0.3) is 0 Å². The van der Waals surface area contributed by atoms with Crippen molar-refractivity contribution in [3.8, 4) is 0 Å². The Hall–Kier alpha value is -1.13. The van der Waals surface area contributed by atoms with Gasteiger partial charge in [-0.25, -0.2) is 0 Å². The van der Waals surface area contributed by atoms with Crippen molar-refractivity contribution in [2.45, 2.75) is 13.8 Å². The van der Waals surface area contributed by atoms with Crippen LogP contribution >= 0.6 is 27.3 Å². The van der Waals surface area contributed by atoms with Crippen LogP contribution in [0.2, 0.25) is 0 Å². The SMILES string of the molecule is Cc1cc(N)cc(C(=O)c2cc(Br)sc2C)c1. The van der Waals surface area contributed by atoms with Gasteiger partial charge in [0.25, 0.3) is 0 Å². The van der Waals surface area contributed by atoms with Gasteiger partial charge in [-0.3, -0.25) is 4.79 Å². The molecular weight excluding hydrogens is 298 g/mol. The highest BCUT2D eigenvalue weighted by molar-refractivity contribution is 9.11. The highest BCUT2D eigenvalue weighted by atomic mass is 79.9. The zero-order valence-electron chi connectivity index (χ0n) is 9.58. The number of halogens is 1. The number of benzene rings is 1. The van der Waals surface area contributed by atoms with Gasteiger partial charge < -0.3 is 5.73 Å². The molecule has 2 rings (SSSR count). The lowest BCUT2D eigenvalue weighted by Gasteiger charge is -2.03. The van der Waals surface area contributed by atoms with Crippen molar-refractivity contribution >= 4 is 38.7 Å². The van der Waals surface area contributed by atoms with Gasteiger partial charge in [0, 0.05) is 21.7 Å². The Morgan fingerprint density at radius 3 is 2.47 bits per heavy atom. The largest absolute Gasteiger partial charge is 0.399 e. The Morgan fingerprint density at radius 1 is 1.24 bits per heavy atom. The minimum absolute atomic E-state index is 0.0276. The summed E-state index contributed by atoms with van der Waals surface area (Å²) in [5.74, 6) is 0.0276. The lowest BCUT2D eigenvalue weighted by atomic mass is 10.0. The topological polar surface area (TPSA) is 43.1 Å². The van der Waals surface area contributed by atoms with Crippen LogP contribution in [0.3, 0.4) is 0 Å². The van der Waals surface area contributed by atoms with E-state index in [0.29, 0.717) is 11.3 Å². The number of nitrogen functional groups attached to an aromatic ring is 1. The van der Waals surface area contributed by atoms with Crippen molar-refractivity contribution in [2.24, 2.45) is 0 Å². The van der Waals surface area contributed by atoms with Gasteiger partial charge in [-0.2, -0.15) is 0 Å². The van der Waals surface area contributed by atoms with Gasteiger partial charge in [0.1, 0.15) is 0 Å². The molecule has 0 fully saturated rings. The zero-order valence-corrected chi connectivity index (χ0v) is 12.0. The number of carbonyl (C=O) groups excluding carboxylic acids is 1. The molecule has 1 heterocycles. The molecule has 17 heavy (non-hydrogen) atoms. The first-order valence-electron chi connectivity index (χ1n) is 5.15. The molecule has 0 aliphatic rings. The number of thiophene rings is 1. The quantitative estimate of drug-likeness (QED) is 0.674. The molecular formula is C13H12BrNOS. The maximum atomic E-state index is 12.3. The number of rotatable bonds is 2. The van der Waals surface area contributed by atoms with E-state index >= 15 is 0 Å². The molecule has 4 heteroatoms. The standard InChI is InChI=1S/C13H12BrNOS/c1-7-3-9(5-10(15)4-7)13(16)11-6-12(14)17-8(11)2/h3-6H,15H2,1-2H3. The van der Waals surface area contributed by atoms with E-state index in [2.05, 4.69) is 15.9 Å². The van der Waals surface area contributed by atoms with E-state index in [1.165, 1.54) is 0 Å². The fourth-order valence-corrected chi connectivity index (χ4v) is 3.46. The van der Waals surface area contributed by atoms with Crippen molar-refractivity contribution in [3.05, 3.63) is 49.6 Å². The molecule has 0 spiro atoms. The second-order valence-corrected chi connectivity index (χ2v) is 6.62. The van der Waals surface area contributed by atoms with Gasteiger partial charge in [0.15, 0.2) is 5.78 Å². The molecule has 0 aliphatic heterocycles. The number of anilines is 1. The van der Waals surface area contributed by atoms with E-state index in [0.717, 1.165) is 19.8 Å². The van der Waals surface area contributed by atoms with Gasteiger partial charge in [-0.05, 0) is 59.6 Å². The summed E-state index contributed by atoms with van der Waals surface area (Å²) in [6.45, 7) is 3.88. The van der Waals surface area contributed by atoms with Gasteiger partial charge >= 0.3 is 0 Å². The molecule has 2 N–H and O–H groups in total. The average molecular weight is 310 g/mol. The minimum Gasteiger partial charge on any atom is -0.399 e. The molecule has 0 radical (unpaired) electrons. The van der Waals surface area contributed by atoms with Gasteiger partial charge in [-0.1, -0.05) is 0 Å². The Labute approximate surface area is 113 Å². The monoisotopic (exact) mass is 309 g/mol. The summed E-state index contributed by atoms with van der Waals surface area (Å²) in [6.07, 6.45) is 0. The van der Waals surface area contributed by atoms with Crippen LogP contribution in [0.4, 0.5) is 5.69 Å². The fraction of sp³-hybridized carbons (Fsp3) is 0.154. The minimum atomic E-state index is 0.0276. The predicted octanol–water partition coefficient (Wildman–Crippen LogP) is 3.94. The van der Waals surface area contributed by atoms with E-state index in [1.807, 2.05) is 32.0 Å². The summed E-state index contributed by atoms with van der Waals surface area (Å²) in [7, 11) is 0. The fourth-order valence-electron chi connectivity index (χ4n) is 1.77. The number of hydrogen-bond acceptors (Lipinski definition) is 3. The third-order valence-corrected chi connectivity index (χ3v) is 4.05. The van der Waals surface area contributed by atoms with Gasteiger partial charge in [-0.15, -0.1) is 11.3 Å². The van der Waals surface area contributed by atoms with Crippen molar-refractivity contribution < 1.29 is 4.79 Å². The Bertz CT molecular complexity index is 569. The van der Waals surface area contributed by atoms with Crippen molar-refractivity contribution in [2.75, 3.05) is 5.73 Å². The van der Waals surface area contributed by atoms with E-state index in [1.54, 1.807) is 17.4 Å². The van der Waals surface area contributed by atoms with Crippen molar-refractivity contribution in [1.82, 2.24) is 0 Å². The molecule has 1 aromatic heterocycles. The Morgan fingerprint density at radius 2 is 1.94 bits per heavy atom. The summed E-state index contributed by atoms with van der Waals surface area (Å²) >= 11 is 4.96. The molecule has 0 atom stereocenters. The van der Waals surface area contributed by atoms with Crippen LogP contribution in [-0.2, 0) is 0 Å². The second-order valence-electron chi connectivity index (χ2n) is 3.98. The van der Waals surface area contributed by atoms with E-state index < -0.39 is 0 Å². The molecule has 0 aliphatic carbocycles. The lowest BCUT2D eigenvalue weighted by molar-refractivity contribution is 0.103. The van der Waals surface area contributed by atoms with Crippen molar-refractivity contribution in [1.29, 1.82) is 0 Å². The highest BCUT2D eigenvalue weighted by Gasteiger charge is 2.15. The third-order valence-electron chi connectivity index (χ3n) is 2.49. The average Bonchev–Trinajstić information content (AvgIpc) is 2.55. The van der Waals surface area contributed by atoms with Crippen LogP contribution in [0, 0.1) is 13.8 Å². The molecule has 2 nitrogen and oxygen atoms in total. The highest BCUT2D eigenvalue weighted by Crippen LogP contribution is 2.28. The molecule has 88 valence electrons. The summed E-state index contributed by atoms with van der Waals surface area (Å²) in [5.41, 5.74) is 8.78. The first-order valence-corrected chi connectivity index (χ1v) is 6.76. The van der Waals surface area contributed by atoms with Gasteiger partial charge in [0.2, 0.25) is 0 Å². The predicted molar refractivity (Wildman–Crippen MR) is 75.8 cm³/mol. The van der Waals surface area contributed by atoms with Crippen LogP contribution in [-0.4, -0.2) is 5.78 Å². The smallest absolute Gasteiger partial charge is 0.194 e. The number of aryl methyl sites for hydroxylation is 2. The normalized spacial score (nSPS) is 10.5. The lowest BCUT2D eigenvalue weighted by Crippen LogP contribution is -2.03. The van der Waals surface area contributed by atoms with E-state index in [-0.39, 0.29) is 5.78 Å². The van der Waals surface area contributed by atoms with E-state index in [4.69, 9.17) is 5.73 Å². The van der Waals surface area contributed by atoms with Crippen LogP contribution in [0.15, 0.2) is 28.1 Å². The number of hydrogen-bond donors (Lipinski definition) is 1. The molecule has 0 unspecified atom stereocenters. The molecule has 1 aromatic carbocycles. The molecule has 0 bridgehead atoms. The van der Waals surface area contributed by atoms with Crippen molar-refractivity contribution in [3.63, 3.8) is 0 Å². The number of carbonyl (C=O) groups is 1. The second kappa shape index (κ2) is 4.63. The Kier molecular flexibility index (Phi) is 3.35. The first kappa shape index (κ1) is 12.3. The maximum Gasteiger partial charge on any atom is 0.194 e. The number of nitrogens with two attached hydrogens (primary N) is 1. The molecule has 0 saturated heterocycles. The molecule has 2 aromatic rings. The first-order chi connectivity index (χ1) is 7.97. The van der Waals surface area contributed by atoms with E-state index in [9.17, 15) is 4.79 Å². The number of ketones is 1. The van der Waals surface area contributed by atoms with Crippen LogP contribution in [0.1, 0.15) is 26.4 Å². The Balaban J connectivity index is 2.47. The summed E-state index contributed by atoms with van der Waals surface area (Å²) < 4.78 is 0.971. The van der Waals surface area contributed by atoms with Gasteiger partial charge in [0.05, 0.1) is 3.79 Å². The molecule has 0 amide bonds. The van der Waals surface area contributed by atoms with Crippen LogP contribution in [0.5, 0.6) is 0 Å². The summed E-state index contributed by atoms with van der Waals surface area (Å²) in [4.78, 5) is 13.3. The molecule has 0 saturated carbocycles.